The molecule has 0 aliphatic carbocycles. The van der Waals surface area contributed by atoms with Crippen molar-refractivity contribution < 1.29 is 80.2 Å². The van der Waals surface area contributed by atoms with Gasteiger partial charge in [0.25, 0.3) is 0 Å². The van der Waals surface area contributed by atoms with Crippen LogP contribution in [0.1, 0.15) is 336 Å². The highest BCUT2D eigenvalue weighted by Crippen LogP contribution is 2.45. The molecule has 598 valence electrons. The maximum Gasteiger partial charge on any atom is 0.472 e. The van der Waals surface area contributed by atoms with Gasteiger partial charge < -0.3 is 33.8 Å². The first kappa shape index (κ1) is 99.5. The largest absolute Gasteiger partial charge is 0.472 e. The van der Waals surface area contributed by atoms with Gasteiger partial charge in [-0.15, -0.1) is 0 Å². The molecule has 19 heteroatoms. The number of carbonyl (C=O) groups excluding carboxylic acids is 4. The molecule has 3 N–H and O–H groups in total. The molecule has 0 aliphatic rings. The van der Waals surface area contributed by atoms with E-state index in [9.17, 15) is 43.2 Å². The summed E-state index contributed by atoms with van der Waals surface area (Å²) in [4.78, 5) is 73.0. The Balaban J connectivity index is 5.43. The van der Waals surface area contributed by atoms with Crippen LogP contribution in [0.15, 0.2) is 122 Å². The Morgan fingerprint density at radius 2 is 0.519 bits per heavy atom. The second-order valence-electron chi connectivity index (χ2n) is 27.0. The van der Waals surface area contributed by atoms with Crippen molar-refractivity contribution in [1.82, 2.24) is 0 Å². The molecule has 0 heterocycles. The second kappa shape index (κ2) is 76.6. The standard InChI is InChI=1S/C85H146O17P2/c1-5-9-13-17-21-25-29-33-37-38-39-40-44-46-50-54-58-62-66-70-83(88)96-76-81(102-85(90)72-68-64-60-56-52-48-43-36-32-28-24-20-16-12-8-4)78-100-104(93,94)98-74-79(86)73-97-103(91,92)99-77-80(101-84(89)71-67-63-59-55-51-47-42-35-31-27-23-19-15-11-7-3)75-95-82(87)69-65-61-57-53-49-45-41-34-30-26-22-18-14-10-6-2/h9,12-13,16,21,24-25,28,33-34,36-37,39-41,43,46,50,58,62,79-81,86H,5-8,10-11,14-15,17-20,22-23,26-27,29-32,35,38,42,44-45,47-49,51-57,59-61,63-78H2,1-4H3,(H,91,92)(H,93,94)/b13-9-,16-12-,25-21-,28-24-,37-33-,40-39-,41-34-,43-36-,50-46-,62-58-. The predicted molar refractivity (Wildman–Crippen MR) is 427 cm³/mol. The topological polar surface area (TPSA) is 237 Å². The summed E-state index contributed by atoms with van der Waals surface area (Å²) in [5.74, 6) is -2.29. The van der Waals surface area contributed by atoms with Gasteiger partial charge in [-0.25, -0.2) is 9.13 Å². The van der Waals surface area contributed by atoms with Crippen LogP contribution in [-0.2, 0) is 65.4 Å². The van der Waals surface area contributed by atoms with E-state index in [2.05, 4.69) is 131 Å². The maximum atomic E-state index is 13.1. The van der Waals surface area contributed by atoms with E-state index in [1.54, 1.807) is 0 Å². The van der Waals surface area contributed by atoms with E-state index >= 15 is 0 Å². The van der Waals surface area contributed by atoms with E-state index in [0.717, 1.165) is 148 Å². The molecule has 0 aromatic carbocycles. The Kier molecular flexibility index (Phi) is 73.3. The third kappa shape index (κ3) is 75.7. The summed E-state index contributed by atoms with van der Waals surface area (Å²) in [7, 11) is -9.98. The number of carbonyl (C=O) groups is 4. The fourth-order valence-electron chi connectivity index (χ4n) is 10.8. The second-order valence-corrected chi connectivity index (χ2v) is 29.9. The molecule has 0 spiro atoms. The van der Waals surface area contributed by atoms with Crippen LogP contribution in [0.3, 0.4) is 0 Å². The Morgan fingerprint density at radius 3 is 0.837 bits per heavy atom. The lowest BCUT2D eigenvalue weighted by atomic mass is 10.0. The number of hydrogen-bond acceptors (Lipinski definition) is 15. The average Bonchev–Trinajstić information content (AvgIpc) is 0.918. The zero-order valence-corrected chi connectivity index (χ0v) is 67.2. The third-order valence-electron chi connectivity index (χ3n) is 16.9. The first-order chi connectivity index (χ1) is 50.7. The minimum Gasteiger partial charge on any atom is -0.462 e. The highest BCUT2D eigenvalue weighted by Gasteiger charge is 2.30. The van der Waals surface area contributed by atoms with Gasteiger partial charge in [0, 0.05) is 25.7 Å². The van der Waals surface area contributed by atoms with Crippen molar-refractivity contribution in [3.05, 3.63) is 122 Å². The van der Waals surface area contributed by atoms with Crippen molar-refractivity contribution in [2.24, 2.45) is 0 Å². The van der Waals surface area contributed by atoms with Crippen molar-refractivity contribution >= 4 is 39.5 Å². The van der Waals surface area contributed by atoms with Gasteiger partial charge in [0.15, 0.2) is 12.2 Å². The third-order valence-corrected chi connectivity index (χ3v) is 18.8. The number of unbranched alkanes of at least 4 members (excludes halogenated alkanes) is 30. The van der Waals surface area contributed by atoms with Gasteiger partial charge >= 0.3 is 39.5 Å². The van der Waals surface area contributed by atoms with Gasteiger partial charge in [0.2, 0.25) is 0 Å². The van der Waals surface area contributed by atoms with Gasteiger partial charge in [0.1, 0.15) is 19.3 Å². The summed E-state index contributed by atoms with van der Waals surface area (Å²) in [5, 5.41) is 10.6. The first-order valence-electron chi connectivity index (χ1n) is 40.8. The lowest BCUT2D eigenvalue weighted by molar-refractivity contribution is -0.161. The van der Waals surface area contributed by atoms with Crippen LogP contribution in [0.5, 0.6) is 0 Å². The number of allylic oxidation sites excluding steroid dienone is 20. The van der Waals surface area contributed by atoms with Gasteiger partial charge in [-0.2, -0.15) is 0 Å². The lowest BCUT2D eigenvalue weighted by Gasteiger charge is -2.21. The normalized spacial score (nSPS) is 14.5. The molecule has 0 saturated heterocycles. The molecule has 0 rings (SSSR count). The minimum atomic E-state index is -5.00. The van der Waals surface area contributed by atoms with Crippen molar-refractivity contribution in [3.8, 4) is 0 Å². The number of aliphatic hydroxyl groups is 1. The molecule has 0 amide bonds. The molecule has 0 fully saturated rings. The fourth-order valence-corrected chi connectivity index (χ4v) is 12.4. The Labute approximate surface area is 632 Å². The van der Waals surface area contributed by atoms with Gasteiger partial charge in [-0.05, 0) is 122 Å². The molecule has 0 aromatic rings. The highest BCUT2D eigenvalue weighted by atomic mass is 31.2. The summed E-state index contributed by atoms with van der Waals surface area (Å²) in [6.07, 6.45) is 84.7. The summed E-state index contributed by atoms with van der Waals surface area (Å²) in [6, 6.07) is 0. The van der Waals surface area contributed by atoms with Crippen LogP contribution in [0.25, 0.3) is 0 Å². The smallest absolute Gasteiger partial charge is 0.462 e. The Hall–Kier alpha value is -4.54. The lowest BCUT2D eigenvalue weighted by Crippen LogP contribution is -2.30. The van der Waals surface area contributed by atoms with Crippen LogP contribution in [0, 0.1) is 0 Å². The zero-order valence-electron chi connectivity index (χ0n) is 65.4. The molecule has 5 atom stereocenters. The number of rotatable bonds is 76. The van der Waals surface area contributed by atoms with Crippen LogP contribution < -0.4 is 0 Å². The SMILES string of the molecule is CC/C=C\C/C=C\C/C=C\C/C=C\C/C=C\C/C=C\CCC(=O)OCC(COP(=O)(O)OCC(O)COP(=O)(O)OCC(COC(=O)CCCCCCC/C=C\CCCCCCCC)OC(=O)CCCCCCCCCCCCCCCCC)OC(=O)CCCCCCC/C=C\C/C=C\C/C=C\CC. The average molecular weight is 1500 g/mol. The summed E-state index contributed by atoms with van der Waals surface area (Å²) < 4.78 is 68.6. The molecule has 0 bridgehead atoms. The van der Waals surface area contributed by atoms with Crippen molar-refractivity contribution in [1.29, 1.82) is 0 Å². The highest BCUT2D eigenvalue weighted by molar-refractivity contribution is 7.47. The van der Waals surface area contributed by atoms with E-state index in [1.165, 1.54) is 103 Å². The van der Waals surface area contributed by atoms with Crippen LogP contribution in [0.2, 0.25) is 0 Å². The summed E-state index contributed by atoms with van der Waals surface area (Å²) >= 11 is 0. The summed E-state index contributed by atoms with van der Waals surface area (Å²) in [6.45, 7) is 4.57. The Morgan fingerprint density at radius 1 is 0.279 bits per heavy atom. The molecular weight excluding hydrogens is 1350 g/mol. The van der Waals surface area contributed by atoms with Crippen LogP contribution >= 0.6 is 15.6 Å². The number of ether oxygens (including phenoxy) is 4. The van der Waals surface area contributed by atoms with E-state index in [1.807, 2.05) is 18.2 Å². The Bertz CT molecular complexity index is 2440. The van der Waals surface area contributed by atoms with E-state index < -0.39 is 97.5 Å². The maximum absolute atomic E-state index is 13.1. The predicted octanol–water partition coefficient (Wildman–Crippen LogP) is 23.9. The monoisotopic (exact) mass is 1500 g/mol. The molecule has 0 aromatic heterocycles. The van der Waals surface area contributed by atoms with Crippen LogP contribution in [-0.4, -0.2) is 96.7 Å². The molecular formula is C85H146O17P2. The molecule has 5 unspecified atom stereocenters. The van der Waals surface area contributed by atoms with E-state index in [-0.39, 0.29) is 25.7 Å². The molecule has 104 heavy (non-hydrogen) atoms. The number of aliphatic hydroxyl groups excluding tert-OH is 1. The molecule has 0 saturated carbocycles. The molecule has 0 radical (unpaired) electrons. The minimum absolute atomic E-state index is 0.0301. The number of phosphoric acid groups is 2. The van der Waals surface area contributed by atoms with E-state index in [4.69, 9.17) is 37.0 Å². The molecule has 0 aliphatic heterocycles. The van der Waals surface area contributed by atoms with Crippen molar-refractivity contribution in [3.63, 3.8) is 0 Å². The van der Waals surface area contributed by atoms with Gasteiger partial charge in [0.05, 0.1) is 26.4 Å². The quantitative estimate of drug-likeness (QED) is 0.0169. The number of hydrogen-bond donors (Lipinski definition) is 3. The first-order valence-corrected chi connectivity index (χ1v) is 43.8. The van der Waals surface area contributed by atoms with Crippen molar-refractivity contribution in [2.75, 3.05) is 39.6 Å². The number of phosphoric ester groups is 2. The fraction of sp³-hybridized carbons (Fsp3) is 0.718. The number of esters is 4. The van der Waals surface area contributed by atoms with Crippen LogP contribution in [0.4, 0.5) is 0 Å². The summed E-state index contributed by atoms with van der Waals surface area (Å²) in [5.41, 5.74) is 0. The van der Waals surface area contributed by atoms with Gasteiger partial charge in [-0.3, -0.25) is 37.3 Å². The van der Waals surface area contributed by atoms with E-state index in [0.29, 0.717) is 32.1 Å². The van der Waals surface area contributed by atoms with Crippen molar-refractivity contribution in [2.45, 2.75) is 354 Å². The zero-order chi connectivity index (χ0) is 76.0. The van der Waals surface area contributed by atoms with Gasteiger partial charge in [-0.1, -0.05) is 310 Å². The molecule has 17 nitrogen and oxygen atoms in total.